The summed E-state index contributed by atoms with van der Waals surface area (Å²) in [6.07, 6.45) is -38.5. The third kappa shape index (κ3) is 5.79. The lowest BCUT2D eigenvalue weighted by Crippen LogP contribution is -2.52. The predicted molar refractivity (Wildman–Crippen MR) is 42.6 cm³/mol. The average Bonchev–Trinajstić information content (AvgIpc) is 2.24. The molecule has 0 aromatic carbocycles. The molecule has 0 saturated heterocycles. The van der Waals surface area contributed by atoms with Crippen molar-refractivity contribution in [2.45, 2.75) is 49.8 Å². The van der Waals surface area contributed by atoms with Crippen molar-refractivity contribution in [3.05, 3.63) is 0 Å². The van der Waals surface area contributed by atoms with E-state index in [2.05, 4.69) is 4.74 Å². The second-order valence-corrected chi connectivity index (χ2v) is 3.62. The van der Waals surface area contributed by atoms with E-state index < -0.39 is 49.8 Å². The summed E-state index contributed by atoms with van der Waals surface area (Å²) in [4.78, 5) is 0. The van der Waals surface area contributed by atoms with Gasteiger partial charge in [-0.3, -0.25) is 0 Å². The number of alkyl halides is 12. The van der Waals surface area contributed by atoms with Crippen LogP contribution in [0, 0.1) is 0 Å². The van der Waals surface area contributed by atoms with Gasteiger partial charge in [-0.2, -0.15) is 26.3 Å². The summed E-state index contributed by atoms with van der Waals surface area (Å²) in [6, 6.07) is 0. The largest absolute Gasteiger partial charge is 0.417 e. The van der Waals surface area contributed by atoms with E-state index in [-0.39, 0.29) is 0 Å². The van der Waals surface area contributed by atoms with Crippen LogP contribution in [0.4, 0.5) is 52.7 Å². The lowest BCUT2D eigenvalue weighted by molar-refractivity contribution is -0.318. The molecule has 4 atom stereocenters. The zero-order chi connectivity index (χ0) is 17.2. The molecule has 0 rings (SSSR count). The number of ether oxygens (including phenoxy) is 1. The molecule has 4 unspecified atom stereocenters. The minimum Gasteiger partial charge on any atom is -0.349 e. The molecule has 0 heterocycles. The molecule has 0 amide bonds. The minimum absolute atomic E-state index is 2.87. The molecule has 0 aromatic rings. The van der Waals surface area contributed by atoms with Crippen molar-refractivity contribution in [2.75, 3.05) is 0 Å². The molecule has 0 aliphatic heterocycles. The van der Waals surface area contributed by atoms with Crippen molar-refractivity contribution in [1.29, 1.82) is 0 Å². The molecule has 13 heteroatoms. The maximum absolute atomic E-state index is 12.6. The summed E-state index contributed by atoms with van der Waals surface area (Å²) in [6.45, 7) is 0. The third-order valence-corrected chi connectivity index (χ3v) is 2.00. The Morgan fingerprint density at radius 1 is 0.524 bits per heavy atom. The minimum atomic E-state index is -6.10. The summed E-state index contributed by atoms with van der Waals surface area (Å²) < 4.78 is 148. The Morgan fingerprint density at radius 3 is 0.905 bits per heavy atom. The second-order valence-electron chi connectivity index (χ2n) is 3.62. The summed E-state index contributed by atoms with van der Waals surface area (Å²) in [7, 11) is 0. The number of halogens is 12. The highest BCUT2D eigenvalue weighted by Crippen LogP contribution is 2.36. The normalized spacial score (nSPS) is 19.7. The van der Waals surface area contributed by atoms with Gasteiger partial charge < -0.3 is 4.74 Å². The Labute approximate surface area is 108 Å². The van der Waals surface area contributed by atoms with E-state index in [1.807, 2.05) is 0 Å². The number of hydrogen-bond acceptors (Lipinski definition) is 1. The summed E-state index contributed by atoms with van der Waals surface area (Å²) in [5.41, 5.74) is 0. The maximum Gasteiger partial charge on any atom is 0.417 e. The van der Waals surface area contributed by atoms with Crippen molar-refractivity contribution in [1.82, 2.24) is 0 Å². The van der Waals surface area contributed by atoms with Gasteiger partial charge in [-0.25, -0.2) is 26.3 Å². The van der Waals surface area contributed by atoms with Gasteiger partial charge in [0.15, 0.2) is 24.6 Å². The third-order valence-electron chi connectivity index (χ3n) is 2.00. The van der Waals surface area contributed by atoms with Crippen LogP contribution in [-0.2, 0) is 4.74 Å². The van der Waals surface area contributed by atoms with E-state index in [1.165, 1.54) is 0 Å². The molecule has 0 N–H and O–H groups in total. The van der Waals surface area contributed by atoms with E-state index in [0.29, 0.717) is 0 Å². The molecule has 1 nitrogen and oxygen atoms in total. The monoisotopic (exact) mass is 346 g/mol. The van der Waals surface area contributed by atoms with Crippen molar-refractivity contribution in [3.8, 4) is 0 Å². The quantitative estimate of drug-likeness (QED) is 0.659. The van der Waals surface area contributed by atoms with Gasteiger partial charge >= 0.3 is 12.4 Å². The molecule has 0 spiro atoms. The molecule has 0 aliphatic rings. The van der Waals surface area contributed by atoms with E-state index >= 15 is 0 Å². The first-order chi connectivity index (χ1) is 9.19. The van der Waals surface area contributed by atoms with Crippen molar-refractivity contribution >= 4 is 0 Å². The van der Waals surface area contributed by atoms with E-state index in [9.17, 15) is 52.7 Å². The Kier molecular flexibility index (Phi) is 6.63. The molecule has 0 aliphatic carbocycles. The molecule has 0 bridgehead atoms. The van der Waals surface area contributed by atoms with Gasteiger partial charge in [0.05, 0.1) is 0 Å². The summed E-state index contributed by atoms with van der Waals surface area (Å²) in [5, 5.41) is 0. The van der Waals surface area contributed by atoms with Gasteiger partial charge in [0, 0.05) is 0 Å². The molecular formula is C8H6F12O. The lowest BCUT2D eigenvalue weighted by Gasteiger charge is -2.30. The zero-order valence-electron chi connectivity index (χ0n) is 9.41. The zero-order valence-corrected chi connectivity index (χ0v) is 9.41. The van der Waals surface area contributed by atoms with Crippen LogP contribution in [0.1, 0.15) is 0 Å². The molecule has 128 valence electrons. The van der Waals surface area contributed by atoms with Crippen molar-refractivity contribution in [3.63, 3.8) is 0 Å². The molecule has 0 radical (unpaired) electrons. The van der Waals surface area contributed by atoms with Gasteiger partial charge in [-0.15, -0.1) is 0 Å². The van der Waals surface area contributed by atoms with Crippen LogP contribution in [0.3, 0.4) is 0 Å². The summed E-state index contributed by atoms with van der Waals surface area (Å²) in [5.74, 6) is 0. The first-order valence-electron chi connectivity index (χ1n) is 4.83. The van der Waals surface area contributed by atoms with E-state index in [1.54, 1.807) is 0 Å². The fraction of sp³-hybridized carbons (Fsp3) is 1.00. The van der Waals surface area contributed by atoms with Gasteiger partial charge in [0.1, 0.15) is 0 Å². The smallest absolute Gasteiger partial charge is 0.349 e. The fourth-order valence-corrected chi connectivity index (χ4v) is 1.09. The van der Waals surface area contributed by atoms with Crippen LogP contribution in [-0.4, -0.2) is 49.8 Å². The molecule has 0 aromatic heterocycles. The van der Waals surface area contributed by atoms with Crippen molar-refractivity contribution < 1.29 is 57.4 Å². The highest BCUT2D eigenvalue weighted by Gasteiger charge is 2.57. The van der Waals surface area contributed by atoms with Crippen LogP contribution >= 0.6 is 0 Å². The Morgan fingerprint density at radius 2 is 0.762 bits per heavy atom. The molecular weight excluding hydrogens is 340 g/mol. The topological polar surface area (TPSA) is 9.23 Å². The van der Waals surface area contributed by atoms with Gasteiger partial charge in [-0.05, 0) is 0 Å². The SMILES string of the molecule is FC(F)C(F)C(OC(C(F)C(F)F)C(F)(F)F)C(F)(F)F. The molecule has 21 heavy (non-hydrogen) atoms. The standard InChI is InChI=1S/C8H6F12O/c9-1(5(11)12)3(7(15,16)17)21-4(8(18,19)20)2(10)6(13)14/h1-6H. The van der Waals surface area contributed by atoms with Crippen LogP contribution in [0.2, 0.25) is 0 Å². The van der Waals surface area contributed by atoms with Gasteiger partial charge in [0.2, 0.25) is 0 Å². The van der Waals surface area contributed by atoms with Gasteiger partial charge in [0.25, 0.3) is 12.9 Å². The maximum atomic E-state index is 12.6. The Hall–Kier alpha value is -0.880. The van der Waals surface area contributed by atoms with E-state index in [4.69, 9.17) is 0 Å². The lowest BCUT2D eigenvalue weighted by atomic mass is 10.1. The van der Waals surface area contributed by atoms with Crippen molar-refractivity contribution in [2.24, 2.45) is 0 Å². The first-order valence-corrected chi connectivity index (χ1v) is 4.83. The van der Waals surface area contributed by atoms with Gasteiger partial charge in [-0.1, -0.05) is 0 Å². The summed E-state index contributed by atoms with van der Waals surface area (Å²) >= 11 is 0. The second kappa shape index (κ2) is 6.92. The van der Waals surface area contributed by atoms with Crippen LogP contribution in [0.25, 0.3) is 0 Å². The molecule has 0 fully saturated rings. The highest BCUT2D eigenvalue weighted by molar-refractivity contribution is 4.86. The Bertz CT molecular complexity index is 279. The first kappa shape index (κ1) is 20.1. The Balaban J connectivity index is 5.43. The van der Waals surface area contributed by atoms with E-state index in [0.717, 1.165) is 0 Å². The fourth-order valence-electron chi connectivity index (χ4n) is 1.09. The predicted octanol–water partition coefficient (Wildman–Crippen LogP) is 4.07. The molecule has 0 saturated carbocycles. The van der Waals surface area contributed by atoms with Crippen LogP contribution in [0.5, 0.6) is 0 Å². The number of hydrogen-bond donors (Lipinski definition) is 0. The highest BCUT2D eigenvalue weighted by atomic mass is 19.4. The van der Waals surface area contributed by atoms with Crippen LogP contribution < -0.4 is 0 Å². The average molecular weight is 346 g/mol. The van der Waals surface area contributed by atoms with Crippen LogP contribution in [0.15, 0.2) is 0 Å². The number of rotatable bonds is 6.